The standard InChI is InChI=1S/C18H33N3/c1-18(15-19,20-16-11-12-16)13-7-8-14-21(2)17-9-5-3-4-6-10-17/h16-17,20H,3-14H2,1-2H3. The van der Waals surface area contributed by atoms with Gasteiger partial charge in [0.1, 0.15) is 5.54 Å². The lowest BCUT2D eigenvalue weighted by atomic mass is 9.96. The molecule has 120 valence electrons. The minimum absolute atomic E-state index is 0.304. The van der Waals surface area contributed by atoms with Gasteiger partial charge in [-0.1, -0.05) is 25.7 Å². The Morgan fingerprint density at radius 3 is 2.33 bits per heavy atom. The molecule has 0 aromatic carbocycles. The molecule has 2 aliphatic carbocycles. The van der Waals surface area contributed by atoms with Crippen molar-refractivity contribution in [3.63, 3.8) is 0 Å². The Kier molecular flexibility index (Phi) is 6.51. The van der Waals surface area contributed by atoms with Crippen LogP contribution in [0.5, 0.6) is 0 Å². The van der Waals surface area contributed by atoms with Gasteiger partial charge < -0.3 is 4.90 Å². The molecular weight excluding hydrogens is 258 g/mol. The van der Waals surface area contributed by atoms with Crippen LogP contribution in [0.3, 0.4) is 0 Å². The first-order valence-corrected chi connectivity index (χ1v) is 9.02. The fourth-order valence-corrected chi connectivity index (χ4v) is 3.56. The zero-order valence-electron chi connectivity index (χ0n) is 14.0. The molecule has 0 amide bonds. The van der Waals surface area contributed by atoms with Crippen LogP contribution in [0.1, 0.15) is 77.6 Å². The van der Waals surface area contributed by atoms with Crippen molar-refractivity contribution in [1.82, 2.24) is 10.2 Å². The van der Waals surface area contributed by atoms with E-state index in [1.807, 2.05) is 0 Å². The minimum Gasteiger partial charge on any atom is -0.303 e. The Labute approximate surface area is 131 Å². The van der Waals surface area contributed by atoms with Gasteiger partial charge in [-0.2, -0.15) is 5.26 Å². The zero-order chi connectivity index (χ0) is 15.1. The molecule has 1 atom stereocenters. The fraction of sp³-hybridized carbons (Fsp3) is 0.944. The van der Waals surface area contributed by atoms with E-state index < -0.39 is 0 Å². The van der Waals surface area contributed by atoms with Crippen LogP contribution in [-0.4, -0.2) is 36.1 Å². The smallest absolute Gasteiger partial charge is 0.104 e. The van der Waals surface area contributed by atoms with Gasteiger partial charge in [0.05, 0.1) is 6.07 Å². The quantitative estimate of drug-likeness (QED) is 0.545. The van der Waals surface area contributed by atoms with Crippen LogP contribution < -0.4 is 5.32 Å². The second-order valence-corrected chi connectivity index (χ2v) is 7.45. The maximum absolute atomic E-state index is 9.38. The lowest BCUT2D eigenvalue weighted by molar-refractivity contribution is 0.214. The molecule has 3 heteroatoms. The van der Waals surface area contributed by atoms with Crippen molar-refractivity contribution in [2.75, 3.05) is 13.6 Å². The molecular formula is C18H33N3. The van der Waals surface area contributed by atoms with Crippen LogP contribution in [0.15, 0.2) is 0 Å². The van der Waals surface area contributed by atoms with E-state index in [-0.39, 0.29) is 5.54 Å². The second kappa shape index (κ2) is 8.15. The van der Waals surface area contributed by atoms with Gasteiger partial charge in [-0.15, -0.1) is 0 Å². The average Bonchev–Trinajstić information content (AvgIpc) is 3.29. The number of nitriles is 1. The third-order valence-electron chi connectivity index (χ3n) is 5.23. The Bertz CT molecular complexity index is 337. The minimum atomic E-state index is -0.304. The molecule has 21 heavy (non-hydrogen) atoms. The zero-order valence-corrected chi connectivity index (χ0v) is 14.0. The molecule has 2 aliphatic rings. The number of rotatable bonds is 8. The predicted octanol–water partition coefficient (Wildman–Crippen LogP) is 3.85. The molecule has 0 aliphatic heterocycles. The molecule has 3 nitrogen and oxygen atoms in total. The highest BCUT2D eigenvalue weighted by Gasteiger charge is 2.31. The molecule has 2 rings (SSSR count). The Morgan fingerprint density at radius 1 is 1.10 bits per heavy atom. The molecule has 0 heterocycles. The summed E-state index contributed by atoms with van der Waals surface area (Å²) < 4.78 is 0. The first-order chi connectivity index (χ1) is 10.1. The van der Waals surface area contributed by atoms with E-state index in [1.54, 1.807) is 0 Å². The van der Waals surface area contributed by atoms with Crippen molar-refractivity contribution >= 4 is 0 Å². The first kappa shape index (κ1) is 16.8. The molecule has 0 aromatic rings. The van der Waals surface area contributed by atoms with Gasteiger partial charge in [0, 0.05) is 12.1 Å². The summed E-state index contributed by atoms with van der Waals surface area (Å²) in [6.45, 7) is 3.26. The summed E-state index contributed by atoms with van der Waals surface area (Å²) in [6, 6.07) is 3.90. The van der Waals surface area contributed by atoms with Crippen LogP contribution >= 0.6 is 0 Å². The topological polar surface area (TPSA) is 39.1 Å². The second-order valence-electron chi connectivity index (χ2n) is 7.45. The van der Waals surface area contributed by atoms with Crippen molar-refractivity contribution in [1.29, 1.82) is 5.26 Å². The molecule has 2 saturated carbocycles. The number of hydrogen-bond acceptors (Lipinski definition) is 3. The van der Waals surface area contributed by atoms with E-state index in [0.29, 0.717) is 6.04 Å². The van der Waals surface area contributed by atoms with Gasteiger partial charge in [0.15, 0.2) is 0 Å². The molecule has 0 radical (unpaired) electrons. The summed E-state index contributed by atoms with van der Waals surface area (Å²) in [6.07, 6.45) is 14.3. The number of nitrogens with one attached hydrogen (secondary N) is 1. The maximum Gasteiger partial charge on any atom is 0.104 e. The average molecular weight is 291 g/mol. The van der Waals surface area contributed by atoms with E-state index in [0.717, 1.165) is 18.9 Å². The lowest BCUT2D eigenvalue weighted by Crippen LogP contribution is -2.42. The van der Waals surface area contributed by atoms with Crippen LogP contribution in [0.25, 0.3) is 0 Å². The first-order valence-electron chi connectivity index (χ1n) is 9.02. The van der Waals surface area contributed by atoms with Gasteiger partial charge in [0.25, 0.3) is 0 Å². The van der Waals surface area contributed by atoms with Crippen LogP contribution in [0.4, 0.5) is 0 Å². The number of nitrogens with zero attached hydrogens (tertiary/aromatic N) is 2. The molecule has 0 saturated heterocycles. The SMILES string of the molecule is CN(CCCCC(C)(C#N)NC1CC1)C1CCCCCC1. The third kappa shape index (κ3) is 5.96. The van der Waals surface area contributed by atoms with Crippen LogP contribution in [-0.2, 0) is 0 Å². The van der Waals surface area contributed by atoms with Crippen molar-refractivity contribution in [3.8, 4) is 6.07 Å². The number of unbranched alkanes of at least 4 members (excludes halogenated alkanes) is 1. The van der Waals surface area contributed by atoms with Crippen molar-refractivity contribution in [2.45, 2.75) is 95.2 Å². The molecule has 0 spiro atoms. The van der Waals surface area contributed by atoms with Gasteiger partial charge >= 0.3 is 0 Å². The largest absolute Gasteiger partial charge is 0.303 e. The molecule has 0 bridgehead atoms. The summed E-state index contributed by atoms with van der Waals surface area (Å²) in [5, 5.41) is 12.9. The Hall–Kier alpha value is -0.590. The normalized spacial score (nSPS) is 23.5. The van der Waals surface area contributed by atoms with Gasteiger partial charge in [-0.05, 0) is 65.5 Å². The molecule has 1 N–H and O–H groups in total. The molecule has 2 fully saturated rings. The van der Waals surface area contributed by atoms with E-state index >= 15 is 0 Å². The Morgan fingerprint density at radius 2 is 1.76 bits per heavy atom. The number of hydrogen-bond donors (Lipinski definition) is 1. The van der Waals surface area contributed by atoms with Crippen LogP contribution in [0.2, 0.25) is 0 Å². The van der Waals surface area contributed by atoms with Gasteiger partial charge in [-0.25, -0.2) is 0 Å². The van der Waals surface area contributed by atoms with E-state index in [4.69, 9.17) is 0 Å². The van der Waals surface area contributed by atoms with E-state index in [1.165, 1.54) is 64.3 Å². The van der Waals surface area contributed by atoms with Crippen molar-refractivity contribution < 1.29 is 0 Å². The van der Waals surface area contributed by atoms with Crippen molar-refractivity contribution in [3.05, 3.63) is 0 Å². The molecule has 0 aromatic heterocycles. The summed E-state index contributed by atoms with van der Waals surface area (Å²) in [5.41, 5.74) is -0.304. The summed E-state index contributed by atoms with van der Waals surface area (Å²) in [7, 11) is 2.29. The summed E-state index contributed by atoms with van der Waals surface area (Å²) in [4.78, 5) is 2.57. The van der Waals surface area contributed by atoms with E-state index in [9.17, 15) is 5.26 Å². The van der Waals surface area contributed by atoms with Gasteiger partial charge in [-0.3, -0.25) is 5.32 Å². The fourth-order valence-electron chi connectivity index (χ4n) is 3.56. The van der Waals surface area contributed by atoms with Gasteiger partial charge in [0.2, 0.25) is 0 Å². The highest BCUT2D eigenvalue weighted by Crippen LogP contribution is 2.25. The summed E-state index contributed by atoms with van der Waals surface area (Å²) in [5.74, 6) is 0. The van der Waals surface area contributed by atoms with Crippen LogP contribution in [0, 0.1) is 11.3 Å². The third-order valence-corrected chi connectivity index (χ3v) is 5.23. The predicted molar refractivity (Wildman–Crippen MR) is 88.1 cm³/mol. The molecule has 1 unspecified atom stereocenters. The Balaban J connectivity index is 1.62. The van der Waals surface area contributed by atoms with E-state index in [2.05, 4.69) is 30.3 Å². The highest BCUT2D eigenvalue weighted by molar-refractivity contribution is 5.06. The van der Waals surface area contributed by atoms with Crippen molar-refractivity contribution in [2.24, 2.45) is 0 Å². The highest BCUT2D eigenvalue weighted by atomic mass is 15.1. The summed E-state index contributed by atoms with van der Waals surface area (Å²) >= 11 is 0. The monoisotopic (exact) mass is 291 g/mol. The maximum atomic E-state index is 9.38. The lowest BCUT2D eigenvalue weighted by Gasteiger charge is -2.28.